The maximum absolute atomic E-state index is 4.93. The number of aromatic amines is 1. The molecule has 0 spiro atoms. The van der Waals surface area contributed by atoms with Gasteiger partial charge >= 0.3 is 0 Å². The Morgan fingerprint density at radius 1 is 1.50 bits per heavy atom. The molecule has 2 rings (SSSR count). The second kappa shape index (κ2) is 4.01. The summed E-state index contributed by atoms with van der Waals surface area (Å²) < 4.78 is 4.91. The van der Waals surface area contributed by atoms with Crippen molar-refractivity contribution in [1.82, 2.24) is 30.0 Å². The first-order valence-electron chi connectivity index (χ1n) is 3.91. The Hall–Kier alpha value is -1.02. The molecule has 2 aromatic rings. The van der Waals surface area contributed by atoms with E-state index < -0.39 is 0 Å². The summed E-state index contributed by atoms with van der Waals surface area (Å²) in [5.41, 5.74) is 0. The summed E-state index contributed by atoms with van der Waals surface area (Å²) in [6.45, 7) is 1.41. The number of aryl methyl sites for hydroxylation is 2. The lowest BCUT2D eigenvalue weighted by Crippen LogP contribution is -2.09. The highest BCUT2D eigenvalue weighted by molar-refractivity contribution is 9.10. The Kier molecular flexibility index (Phi) is 2.73. The van der Waals surface area contributed by atoms with E-state index in [1.165, 1.54) is 0 Å². The summed E-state index contributed by atoms with van der Waals surface area (Å²) in [5, 5.41) is 14.0. The summed E-state index contributed by atoms with van der Waals surface area (Å²) in [7, 11) is 0. The van der Waals surface area contributed by atoms with Crippen molar-refractivity contribution in [3.05, 3.63) is 21.6 Å². The largest absolute Gasteiger partial charge is 0.270 e. The monoisotopic (exact) mass is 274 g/mol. The van der Waals surface area contributed by atoms with Crippen molar-refractivity contribution in [1.29, 1.82) is 0 Å². The van der Waals surface area contributed by atoms with E-state index in [4.69, 9.17) is 12.2 Å². The van der Waals surface area contributed by atoms with Gasteiger partial charge in [0, 0.05) is 6.20 Å². The second-order valence-electron chi connectivity index (χ2n) is 2.66. The SMILES string of the molecule is S=c1nn[nH]n1CCn1cc(Br)cn1. The van der Waals surface area contributed by atoms with E-state index in [1.807, 2.05) is 10.9 Å². The van der Waals surface area contributed by atoms with Crippen molar-refractivity contribution in [2.45, 2.75) is 13.1 Å². The minimum Gasteiger partial charge on any atom is -0.270 e. The van der Waals surface area contributed by atoms with Crippen molar-refractivity contribution in [3.63, 3.8) is 0 Å². The van der Waals surface area contributed by atoms with E-state index >= 15 is 0 Å². The molecule has 0 unspecified atom stereocenters. The van der Waals surface area contributed by atoms with E-state index in [2.05, 4.69) is 36.6 Å². The van der Waals surface area contributed by atoms with Crippen LogP contribution in [-0.4, -0.2) is 30.0 Å². The van der Waals surface area contributed by atoms with Crippen molar-refractivity contribution < 1.29 is 0 Å². The first kappa shape index (κ1) is 9.53. The van der Waals surface area contributed by atoms with Crippen LogP contribution in [0.4, 0.5) is 0 Å². The molecule has 6 nitrogen and oxygen atoms in total. The van der Waals surface area contributed by atoms with Gasteiger partial charge in [0.1, 0.15) is 0 Å². The number of aromatic nitrogens is 6. The van der Waals surface area contributed by atoms with Crippen molar-refractivity contribution in [2.75, 3.05) is 0 Å². The van der Waals surface area contributed by atoms with E-state index in [0.717, 1.165) is 11.0 Å². The van der Waals surface area contributed by atoms with Crippen LogP contribution in [0.25, 0.3) is 0 Å². The third-order valence-corrected chi connectivity index (χ3v) is 2.40. The molecule has 2 aromatic heterocycles. The van der Waals surface area contributed by atoms with Gasteiger partial charge in [0.25, 0.3) is 0 Å². The fraction of sp³-hybridized carbons (Fsp3) is 0.333. The molecule has 0 aliphatic rings. The van der Waals surface area contributed by atoms with Crippen LogP contribution in [-0.2, 0) is 13.1 Å². The van der Waals surface area contributed by atoms with Crippen molar-refractivity contribution in [2.24, 2.45) is 0 Å². The molecule has 2 heterocycles. The predicted molar refractivity (Wildman–Crippen MR) is 55.1 cm³/mol. The topological polar surface area (TPSA) is 64.3 Å². The predicted octanol–water partition coefficient (Wildman–Crippen LogP) is 0.995. The number of H-pyrrole nitrogens is 1. The summed E-state index contributed by atoms with van der Waals surface area (Å²) >= 11 is 8.25. The Bertz CT molecular complexity index is 470. The van der Waals surface area contributed by atoms with Gasteiger partial charge in [0.2, 0.25) is 4.77 Å². The van der Waals surface area contributed by atoms with Crippen LogP contribution in [0.1, 0.15) is 0 Å². The molecule has 8 heteroatoms. The molecule has 0 saturated carbocycles. The van der Waals surface area contributed by atoms with Gasteiger partial charge in [0.05, 0.1) is 23.8 Å². The lowest BCUT2D eigenvalue weighted by Gasteiger charge is -2.00. The number of hydrogen-bond donors (Lipinski definition) is 1. The third kappa shape index (κ3) is 2.07. The van der Waals surface area contributed by atoms with Crippen LogP contribution in [0.2, 0.25) is 0 Å². The molecular weight excluding hydrogens is 268 g/mol. The van der Waals surface area contributed by atoms with Gasteiger partial charge in [-0.2, -0.15) is 10.3 Å². The van der Waals surface area contributed by atoms with Crippen LogP contribution in [0.15, 0.2) is 16.9 Å². The van der Waals surface area contributed by atoms with Gasteiger partial charge in [-0.3, -0.25) is 4.68 Å². The maximum atomic E-state index is 4.93. The number of nitrogens with zero attached hydrogens (tertiary/aromatic N) is 5. The minimum atomic E-state index is 0.455. The number of tetrazole rings is 1. The molecule has 1 N–H and O–H groups in total. The highest BCUT2D eigenvalue weighted by Gasteiger charge is 1.97. The number of rotatable bonds is 3. The fourth-order valence-corrected chi connectivity index (χ4v) is 1.53. The molecular formula is C6H7BrN6S. The van der Waals surface area contributed by atoms with Crippen LogP contribution < -0.4 is 0 Å². The van der Waals surface area contributed by atoms with Gasteiger partial charge in [-0.25, -0.2) is 4.68 Å². The fourth-order valence-electron chi connectivity index (χ4n) is 1.02. The lowest BCUT2D eigenvalue weighted by atomic mass is 10.6. The molecule has 0 fully saturated rings. The normalized spacial score (nSPS) is 10.6. The molecule has 0 radical (unpaired) electrons. The summed E-state index contributed by atoms with van der Waals surface area (Å²) in [6, 6.07) is 0. The van der Waals surface area contributed by atoms with Gasteiger partial charge in [-0.05, 0) is 28.1 Å². The van der Waals surface area contributed by atoms with E-state index in [-0.39, 0.29) is 0 Å². The molecule has 0 aliphatic carbocycles. The zero-order valence-electron chi connectivity index (χ0n) is 7.09. The molecule has 0 atom stereocenters. The van der Waals surface area contributed by atoms with Gasteiger partial charge < -0.3 is 0 Å². The lowest BCUT2D eigenvalue weighted by molar-refractivity contribution is 0.486. The minimum absolute atomic E-state index is 0.455. The zero-order valence-corrected chi connectivity index (χ0v) is 9.49. The van der Waals surface area contributed by atoms with Gasteiger partial charge in [0.15, 0.2) is 0 Å². The molecule has 14 heavy (non-hydrogen) atoms. The summed E-state index contributed by atoms with van der Waals surface area (Å²) in [5.74, 6) is 0. The van der Waals surface area contributed by atoms with Crippen molar-refractivity contribution in [3.8, 4) is 0 Å². The van der Waals surface area contributed by atoms with Gasteiger partial charge in [-0.1, -0.05) is 10.3 Å². The van der Waals surface area contributed by atoms with Crippen LogP contribution in [0.3, 0.4) is 0 Å². The van der Waals surface area contributed by atoms with E-state index in [1.54, 1.807) is 10.9 Å². The quantitative estimate of drug-likeness (QED) is 0.849. The highest BCUT2D eigenvalue weighted by atomic mass is 79.9. The Labute approximate surface area is 93.0 Å². The number of hydrogen-bond acceptors (Lipinski definition) is 4. The van der Waals surface area contributed by atoms with E-state index in [9.17, 15) is 0 Å². The van der Waals surface area contributed by atoms with Crippen molar-refractivity contribution >= 4 is 28.1 Å². The molecule has 0 amide bonds. The first-order valence-corrected chi connectivity index (χ1v) is 5.11. The molecule has 0 bridgehead atoms. The van der Waals surface area contributed by atoms with Crippen LogP contribution in [0, 0.1) is 4.77 Å². The Morgan fingerprint density at radius 3 is 2.93 bits per heavy atom. The standard InChI is InChI=1S/C6H7BrN6S/c7-5-3-8-12(4-5)1-2-13-6(14)9-10-11-13/h3-4H,1-2H2,(H,9,11,14). The average molecular weight is 275 g/mol. The second-order valence-corrected chi connectivity index (χ2v) is 3.94. The molecule has 0 aromatic carbocycles. The molecule has 0 aliphatic heterocycles. The highest BCUT2D eigenvalue weighted by Crippen LogP contribution is 2.05. The Morgan fingerprint density at radius 2 is 2.36 bits per heavy atom. The number of halogens is 1. The third-order valence-electron chi connectivity index (χ3n) is 1.69. The van der Waals surface area contributed by atoms with Crippen LogP contribution in [0.5, 0.6) is 0 Å². The van der Waals surface area contributed by atoms with E-state index in [0.29, 0.717) is 11.3 Å². The van der Waals surface area contributed by atoms with Gasteiger partial charge in [-0.15, -0.1) is 0 Å². The average Bonchev–Trinajstić information content (AvgIpc) is 2.72. The Balaban J connectivity index is 2.01. The summed E-state index contributed by atoms with van der Waals surface area (Å²) in [4.78, 5) is 0. The zero-order chi connectivity index (χ0) is 9.97. The number of nitrogens with one attached hydrogen (secondary N) is 1. The first-order chi connectivity index (χ1) is 6.75. The maximum Gasteiger partial charge on any atom is 0.238 e. The molecule has 74 valence electrons. The smallest absolute Gasteiger partial charge is 0.238 e. The molecule has 0 saturated heterocycles. The summed E-state index contributed by atoms with van der Waals surface area (Å²) in [6.07, 6.45) is 3.64. The van der Waals surface area contributed by atoms with Crippen LogP contribution >= 0.6 is 28.1 Å².